The Bertz CT molecular complexity index is 665. The Balaban J connectivity index is 1.88. The molecule has 25 heavy (non-hydrogen) atoms. The number of guanidine groups is 1. The molecule has 0 bridgehead atoms. The molecule has 0 atom stereocenters. The molecule has 0 unspecified atom stereocenters. The van der Waals surface area contributed by atoms with Crippen LogP contribution in [0, 0.1) is 6.92 Å². The summed E-state index contributed by atoms with van der Waals surface area (Å²) >= 11 is 0. The van der Waals surface area contributed by atoms with Crippen LogP contribution in [0.15, 0.2) is 9.52 Å². The zero-order chi connectivity index (χ0) is 18.3. The molecule has 9 nitrogen and oxygen atoms in total. The van der Waals surface area contributed by atoms with E-state index >= 15 is 0 Å². The van der Waals surface area contributed by atoms with Crippen molar-refractivity contribution in [2.45, 2.75) is 52.6 Å². The van der Waals surface area contributed by atoms with Gasteiger partial charge in [-0.25, -0.2) is 17.7 Å². The molecule has 2 rings (SSSR count). The number of hydrogen-bond donors (Lipinski definition) is 2. The topological polar surface area (TPSA) is 113 Å². The Morgan fingerprint density at radius 3 is 2.64 bits per heavy atom. The maximum Gasteiger partial charge on any atom is 0.223 e. The van der Waals surface area contributed by atoms with Gasteiger partial charge in [0.05, 0.1) is 5.75 Å². The highest BCUT2D eigenvalue weighted by molar-refractivity contribution is 7.89. The number of aliphatic imine (C=N–C) groups is 1. The summed E-state index contributed by atoms with van der Waals surface area (Å²) in [4.78, 5) is 8.60. The van der Waals surface area contributed by atoms with Crippen molar-refractivity contribution in [1.82, 2.24) is 25.1 Å². The van der Waals surface area contributed by atoms with E-state index in [1.54, 1.807) is 11.2 Å². The van der Waals surface area contributed by atoms with Crippen LogP contribution < -0.4 is 10.6 Å². The summed E-state index contributed by atoms with van der Waals surface area (Å²) in [6.45, 7) is 7.78. The first-order valence-corrected chi connectivity index (χ1v) is 10.4. The second kappa shape index (κ2) is 9.14. The zero-order valence-electron chi connectivity index (χ0n) is 15.2. The summed E-state index contributed by atoms with van der Waals surface area (Å²) in [6.07, 6.45) is 2.16. The third kappa shape index (κ3) is 5.96. The molecule has 1 fully saturated rings. The molecular weight excluding hydrogens is 344 g/mol. The van der Waals surface area contributed by atoms with Crippen molar-refractivity contribution < 1.29 is 12.9 Å². The van der Waals surface area contributed by atoms with Crippen LogP contribution >= 0.6 is 0 Å². The lowest BCUT2D eigenvalue weighted by atomic mass is 10.1. The SMILES string of the molecule is CCCS(=O)(=O)N1CCC(NC(=NCc2noc(C)n2)NCC)CC1. The van der Waals surface area contributed by atoms with Crippen LogP contribution in [-0.2, 0) is 16.6 Å². The van der Waals surface area contributed by atoms with E-state index in [0.29, 0.717) is 43.7 Å². The van der Waals surface area contributed by atoms with Crippen LogP contribution in [0.1, 0.15) is 44.8 Å². The van der Waals surface area contributed by atoms with Crippen molar-refractivity contribution in [2.75, 3.05) is 25.4 Å². The quantitative estimate of drug-likeness (QED) is 0.533. The molecule has 10 heteroatoms. The van der Waals surface area contributed by atoms with Gasteiger partial charge in [0.1, 0.15) is 6.54 Å². The van der Waals surface area contributed by atoms with Crippen molar-refractivity contribution in [1.29, 1.82) is 0 Å². The van der Waals surface area contributed by atoms with Gasteiger partial charge in [0.25, 0.3) is 0 Å². The summed E-state index contributed by atoms with van der Waals surface area (Å²) < 4.78 is 30.8. The fourth-order valence-electron chi connectivity index (χ4n) is 2.73. The normalized spacial score (nSPS) is 17.6. The second-order valence-corrected chi connectivity index (χ2v) is 8.15. The third-order valence-electron chi connectivity index (χ3n) is 3.94. The van der Waals surface area contributed by atoms with E-state index in [1.807, 2.05) is 13.8 Å². The van der Waals surface area contributed by atoms with Gasteiger partial charge in [-0.2, -0.15) is 4.98 Å². The lowest BCUT2D eigenvalue weighted by Crippen LogP contribution is -2.50. The van der Waals surface area contributed by atoms with Crippen LogP contribution in [0.5, 0.6) is 0 Å². The van der Waals surface area contributed by atoms with Crippen molar-refractivity contribution in [2.24, 2.45) is 4.99 Å². The molecule has 0 aromatic carbocycles. The Hall–Kier alpha value is -1.68. The first-order chi connectivity index (χ1) is 11.9. The van der Waals surface area contributed by atoms with Crippen molar-refractivity contribution in [3.05, 3.63) is 11.7 Å². The van der Waals surface area contributed by atoms with Gasteiger partial charge in [0.2, 0.25) is 15.9 Å². The Labute approximate surface area is 149 Å². The van der Waals surface area contributed by atoms with Gasteiger partial charge in [0, 0.05) is 32.6 Å². The molecule has 2 heterocycles. The van der Waals surface area contributed by atoms with Crippen LogP contribution in [0.3, 0.4) is 0 Å². The lowest BCUT2D eigenvalue weighted by molar-refractivity contribution is 0.306. The molecule has 142 valence electrons. The van der Waals surface area contributed by atoms with E-state index in [2.05, 4.69) is 25.8 Å². The maximum atomic E-state index is 12.1. The Morgan fingerprint density at radius 2 is 2.08 bits per heavy atom. The fraction of sp³-hybridized carbons (Fsp3) is 0.800. The number of aryl methyl sites for hydroxylation is 1. The van der Waals surface area contributed by atoms with Gasteiger partial charge < -0.3 is 15.2 Å². The van der Waals surface area contributed by atoms with Gasteiger partial charge in [0.15, 0.2) is 11.8 Å². The monoisotopic (exact) mass is 372 g/mol. The minimum Gasteiger partial charge on any atom is -0.357 e. The summed E-state index contributed by atoms with van der Waals surface area (Å²) in [6, 6.07) is 0.192. The summed E-state index contributed by atoms with van der Waals surface area (Å²) in [5.74, 6) is 1.96. The Kier molecular flexibility index (Phi) is 7.18. The number of nitrogens with one attached hydrogen (secondary N) is 2. The molecule has 2 N–H and O–H groups in total. The summed E-state index contributed by atoms with van der Waals surface area (Å²) in [5.41, 5.74) is 0. The number of rotatable bonds is 7. The van der Waals surface area contributed by atoms with E-state index in [9.17, 15) is 8.42 Å². The van der Waals surface area contributed by atoms with Gasteiger partial charge in [-0.3, -0.25) is 0 Å². The first kappa shape index (κ1) is 19.6. The van der Waals surface area contributed by atoms with Gasteiger partial charge >= 0.3 is 0 Å². The third-order valence-corrected chi connectivity index (χ3v) is 6.02. The average molecular weight is 372 g/mol. The largest absolute Gasteiger partial charge is 0.357 e. The number of aromatic nitrogens is 2. The number of piperidine rings is 1. The molecule has 1 aromatic rings. The van der Waals surface area contributed by atoms with Gasteiger partial charge in [-0.05, 0) is 26.2 Å². The Morgan fingerprint density at radius 1 is 1.36 bits per heavy atom. The molecule has 0 radical (unpaired) electrons. The molecule has 1 aliphatic heterocycles. The minimum atomic E-state index is -3.11. The van der Waals surface area contributed by atoms with Crippen molar-refractivity contribution in [3.8, 4) is 0 Å². The highest BCUT2D eigenvalue weighted by atomic mass is 32.2. The summed E-state index contributed by atoms with van der Waals surface area (Å²) in [5, 5.41) is 10.4. The molecule has 0 saturated carbocycles. The second-order valence-electron chi connectivity index (χ2n) is 6.06. The highest BCUT2D eigenvalue weighted by Crippen LogP contribution is 2.15. The molecule has 0 spiro atoms. The molecular formula is C15H28N6O3S. The lowest BCUT2D eigenvalue weighted by Gasteiger charge is -2.32. The van der Waals surface area contributed by atoms with E-state index in [-0.39, 0.29) is 11.8 Å². The smallest absolute Gasteiger partial charge is 0.223 e. The standard InChI is InChI=1S/C15H28N6O3S/c1-4-10-25(22,23)21-8-6-13(7-9-21)19-15(16-5-2)17-11-14-18-12(3)24-20-14/h13H,4-11H2,1-3H3,(H2,16,17,19). The van der Waals surface area contributed by atoms with Crippen LogP contribution in [0.25, 0.3) is 0 Å². The van der Waals surface area contributed by atoms with E-state index in [1.165, 1.54) is 0 Å². The average Bonchev–Trinajstić information content (AvgIpc) is 2.99. The molecule has 0 amide bonds. The van der Waals surface area contributed by atoms with Gasteiger partial charge in [-0.15, -0.1) is 0 Å². The first-order valence-electron chi connectivity index (χ1n) is 8.76. The molecule has 0 aliphatic carbocycles. The van der Waals surface area contributed by atoms with E-state index < -0.39 is 10.0 Å². The predicted octanol–water partition coefficient (Wildman–Crippen LogP) is 0.637. The molecule has 1 aromatic heterocycles. The van der Waals surface area contributed by atoms with Crippen LogP contribution in [0.4, 0.5) is 0 Å². The molecule has 1 saturated heterocycles. The van der Waals surface area contributed by atoms with E-state index in [4.69, 9.17) is 4.52 Å². The number of hydrogen-bond acceptors (Lipinski definition) is 6. The number of nitrogens with zero attached hydrogens (tertiary/aromatic N) is 4. The highest BCUT2D eigenvalue weighted by Gasteiger charge is 2.27. The van der Waals surface area contributed by atoms with E-state index in [0.717, 1.165) is 19.4 Å². The minimum absolute atomic E-state index is 0.192. The van der Waals surface area contributed by atoms with Gasteiger partial charge in [-0.1, -0.05) is 12.1 Å². The van der Waals surface area contributed by atoms with Crippen molar-refractivity contribution in [3.63, 3.8) is 0 Å². The van der Waals surface area contributed by atoms with Crippen LogP contribution in [-0.4, -0.2) is 60.3 Å². The van der Waals surface area contributed by atoms with Crippen molar-refractivity contribution >= 4 is 16.0 Å². The summed E-state index contributed by atoms with van der Waals surface area (Å²) in [7, 11) is -3.11. The number of sulfonamides is 1. The van der Waals surface area contributed by atoms with Crippen LogP contribution in [0.2, 0.25) is 0 Å². The fourth-order valence-corrected chi connectivity index (χ4v) is 4.28. The zero-order valence-corrected chi connectivity index (χ0v) is 16.0. The molecule has 1 aliphatic rings. The predicted molar refractivity (Wildman–Crippen MR) is 95.7 cm³/mol. The maximum absolute atomic E-state index is 12.1.